The molecule has 2 aromatic carbocycles. The summed E-state index contributed by atoms with van der Waals surface area (Å²) in [6.07, 6.45) is 0. The number of aromatic nitrogens is 2. The number of nitrogens with zero attached hydrogens (tertiary/aromatic N) is 3. The van der Waals surface area contributed by atoms with Crippen molar-refractivity contribution >= 4 is 17.5 Å². The molecule has 0 saturated heterocycles. The highest BCUT2D eigenvalue weighted by atomic mass is 16.2. The summed E-state index contributed by atoms with van der Waals surface area (Å²) in [5.74, 6) is 0.427. The molecule has 0 bridgehead atoms. The number of carbonyl (C=O) groups excluding carboxylic acids is 1. The van der Waals surface area contributed by atoms with Gasteiger partial charge in [0, 0.05) is 24.0 Å². The summed E-state index contributed by atoms with van der Waals surface area (Å²) in [6.45, 7) is 4.20. The number of nitriles is 1. The van der Waals surface area contributed by atoms with Crippen LogP contribution in [0, 0.1) is 25.2 Å². The topological polar surface area (TPSA) is 109 Å². The Kier molecular flexibility index (Phi) is 5.08. The fourth-order valence-electron chi connectivity index (χ4n) is 2.84. The summed E-state index contributed by atoms with van der Waals surface area (Å²) in [4.78, 5) is 12.2. The molecule has 0 saturated carbocycles. The number of nitrogen functional groups attached to an aromatic ring is 1. The molecule has 136 valence electrons. The van der Waals surface area contributed by atoms with Gasteiger partial charge in [0.25, 0.3) is 0 Å². The van der Waals surface area contributed by atoms with Gasteiger partial charge in [-0.1, -0.05) is 12.1 Å². The molecule has 0 aliphatic carbocycles. The largest absolute Gasteiger partial charge is 0.399 e. The lowest BCUT2D eigenvalue weighted by Crippen LogP contribution is -2.28. The van der Waals surface area contributed by atoms with Gasteiger partial charge in [-0.15, -0.1) is 5.10 Å². The van der Waals surface area contributed by atoms with Crippen LogP contribution < -0.4 is 16.4 Å². The minimum atomic E-state index is -0.356. The SMILES string of the molecule is Cc1cc(N)cc(CNC(=O)Nc2cc(C)n(-c3cccc(C#N)c3)n2)c1. The molecule has 1 heterocycles. The van der Waals surface area contributed by atoms with Crippen LogP contribution in [0.1, 0.15) is 22.4 Å². The van der Waals surface area contributed by atoms with E-state index in [4.69, 9.17) is 11.0 Å². The summed E-state index contributed by atoms with van der Waals surface area (Å²) in [5, 5.41) is 18.9. The van der Waals surface area contributed by atoms with Crippen LogP contribution in [0.4, 0.5) is 16.3 Å². The van der Waals surface area contributed by atoms with Gasteiger partial charge in [0.2, 0.25) is 0 Å². The van der Waals surface area contributed by atoms with Crippen LogP contribution in [0.25, 0.3) is 5.69 Å². The molecule has 0 aliphatic rings. The first-order valence-electron chi connectivity index (χ1n) is 8.43. The van der Waals surface area contributed by atoms with Crippen molar-refractivity contribution in [2.75, 3.05) is 11.1 Å². The zero-order valence-electron chi connectivity index (χ0n) is 15.2. The summed E-state index contributed by atoms with van der Waals surface area (Å²) >= 11 is 0. The van der Waals surface area contributed by atoms with Crippen molar-refractivity contribution in [3.63, 3.8) is 0 Å². The third-order valence-electron chi connectivity index (χ3n) is 3.96. The van der Waals surface area contributed by atoms with E-state index in [-0.39, 0.29) is 6.03 Å². The summed E-state index contributed by atoms with van der Waals surface area (Å²) < 4.78 is 1.68. The average Bonchev–Trinajstić information content (AvgIpc) is 2.99. The van der Waals surface area contributed by atoms with E-state index in [9.17, 15) is 4.79 Å². The van der Waals surface area contributed by atoms with Crippen molar-refractivity contribution in [2.24, 2.45) is 0 Å². The second-order valence-electron chi connectivity index (χ2n) is 6.30. The second kappa shape index (κ2) is 7.62. The fraction of sp³-hybridized carbons (Fsp3) is 0.150. The van der Waals surface area contributed by atoms with E-state index in [1.54, 1.807) is 28.9 Å². The predicted octanol–water partition coefficient (Wildman–Crippen LogP) is 3.26. The molecule has 0 unspecified atom stereocenters. The zero-order valence-corrected chi connectivity index (χ0v) is 15.2. The van der Waals surface area contributed by atoms with Gasteiger partial charge in [0.1, 0.15) is 0 Å². The molecule has 4 N–H and O–H groups in total. The first-order chi connectivity index (χ1) is 12.9. The van der Waals surface area contributed by atoms with Gasteiger partial charge < -0.3 is 11.1 Å². The normalized spacial score (nSPS) is 10.3. The summed E-state index contributed by atoms with van der Waals surface area (Å²) in [6, 6.07) is 16.3. The van der Waals surface area contributed by atoms with Crippen LogP contribution >= 0.6 is 0 Å². The number of aryl methyl sites for hydroxylation is 2. The molecule has 0 radical (unpaired) electrons. The number of anilines is 2. The molecule has 27 heavy (non-hydrogen) atoms. The Labute approximate surface area is 157 Å². The Morgan fingerprint density at radius 1 is 1.22 bits per heavy atom. The number of benzene rings is 2. The number of urea groups is 1. The zero-order chi connectivity index (χ0) is 19.4. The van der Waals surface area contributed by atoms with E-state index in [1.807, 2.05) is 38.1 Å². The van der Waals surface area contributed by atoms with Gasteiger partial charge in [0.05, 0.1) is 17.3 Å². The monoisotopic (exact) mass is 360 g/mol. The van der Waals surface area contributed by atoms with Crippen LogP contribution in [0.15, 0.2) is 48.5 Å². The summed E-state index contributed by atoms with van der Waals surface area (Å²) in [7, 11) is 0. The van der Waals surface area contributed by atoms with Crippen LogP contribution in [0.3, 0.4) is 0 Å². The van der Waals surface area contributed by atoms with Crippen molar-refractivity contribution in [1.29, 1.82) is 5.26 Å². The maximum Gasteiger partial charge on any atom is 0.320 e. The number of nitrogens with two attached hydrogens (primary N) is 1. The lowest BCUT2D eigenvalue weighted by atomic mass is 10.1. The fourth-order valence-corrected chi connectivity index (χ4v) is 2.84. The van der Waals surface area contributed by atoms with E-state index < -0.39 is 0 Å². The Balaban J connectivity index is 1.67. The quantitative estimate of drug-likeness (QED) is 0.620. The Morgan fingerprint density at radius 3 is 2.78 bits per heavy atom. The molecule has 3 aromatic rings. The molecular weight excluding hydrogens is 340 g/mol. The van der Waals surface area contributed by atoms with Gasteiger partial charge in [-0.25, -0.2) is 9.48 Å². The molecule has 1 aromatic heterocycles. The maximum atomic E-state index is 12.2. The van der Waals surface area contributed by atoms with E-state index >= 15 is 0 Å². The van der Waals surface area contributed by atoms with E-state index in [0.717, 1.165) is 22.5 Å². The smallest absolute Gasteiger partial charge is 0.320 e. The van der Waals surface area contributed by atoms with Gasteiger partial charge in [-0.2, -0.15) is 5.26 Å². The average molecular weight is 360 g/mol. The Bertz CT molecular complexity index is 1010. The Morgan fingerprint density at radius 2 is 2.04 bits per heavy atom. The number of carbonyl (C=O) groups is 1. The van der Waals surface area contributed by atoms with Crippen LogP contribution in [0.2, 0.25) is 0 Å². The lowest BCUT2D eigenvalue weighted by molar-refractivity contribution is 0.251. The highest BCUT2D eigenvalue weighted by Gasteiger charge is 2.10. The Hall–Kier alpha value is -3.79. The number of nitrogens with one attached hydrogen (secondary N) is 2. The number of hydrogen-bond donors (Lipinski definition) is 3. The third kappa shape index (κ3) is 4.44. The number of rotatable bonds is 4. The minimum absolute atomic E-state index is 0.356. The molecule has 2 amide bonds. The lowest BCUT2D eigenvalue weighted by Gasteiger charge is -2.08. The molecule has 0 fully saturated rings. The van der Waals surface area contributed by atoms with Crippen molar-refractivity contribution in [2.45, 2.75) is 20.4 Å². The molecular formula is C20H20N6O. The first-order valence-corrected chi connectivity index (χ1v) is 8.43. The summed E-state index contributed by atoms with van der Waals surface area (Å²) in [5.41, 5.74) is 10.6. The van der Waals surface area contributed by atoms with Crippen LogP contribution in [-0.4, -0.2) is 15.8 Å². The van der Waals surface area contributed by atoms with Gasteiger partial charge in [-0.05, 0) is 55.3 Å². The second-order valence-corrected chi connectivity index (χ2v) is 6.30. The standard InChI is InChI=1S/C20H20N6O/c1-13-6-16(9-17(22)7-13)12-23-20(27)24-19-8-14(2)26(25-19)18-5-3-4-15(10-18)11-21/h3-10H,12,22H2,1-2H3,(H2,23,24,25,27). The van der Waals surface area contributed by atoms with Crippen LogP contribution in [0.5, 0.6) is 0 Å². The van der Waals surface area contributed by atoms with Crippen molar-refractivity contribution in [3.8, 4) is 11.8 Å². The minimum Gasteiger partial charge on any atom is -0.399 e. The van der Waals surface area contributed by atoms with Crippen molar-refractivity contribution in [1.82, 2.24) is 15.1 Å². The van der Waals surface area contributed by atoms with E-state index in [0.29, 0.717) is 23.6 Å². The van der Waals surface area contributed by atoms with Crippen LogP contribution in [-0.2, 0) is 6.54 Å². The highest BCUT2D eigenvalue weighted by molar-refractivity contribution is 5.88. The molecule has 3 rings (SSSR count). The molecule has 0 spiro atoms. The number of hydrogen-bond acceptors (Lipinski definition) is 4. The van der Waals surface area contributed by atoms with Gasteiger partial charge in [0.15, 0.2) is 5.82 Å². The number of amides is 2. The van der Waals surface area contributed by atoms with E-state index in [1.165, 1.54) is 0 Å². The van der Waals surface area contributed by atoms with Gasteiger partial charge >= 0.3 is 6.03 Å². The van der Waals surface area contributed by atoms with Gasteiger partial charge in [-0.3, -0.25) is 5.32 Å². The molecule has 7 heteroatoms. The van der Waals surface area contributed by atoms with E-state index in [2.05, 4.69) is 21.8 Å². The molecule has 7 nitrogen and oxygen atoms in total. The molecule has 0 aliphatic heterocycles. The maximum absolute atomic E-state index is 12.2. The predicted molar refractivity (Wildman–Crippen MR) is 104 cm³/mol. The molecule has 0 atom stereocenters. The van der Waals surface area contributed by atoms with Crippen molar-refractivity contribution < 1.29 is 4.79 Å². The van der Waals surface area contributed by atoms with Crippen molar-refractivity contribution in [3.05, 3.63) is 70.9 Å². The first kappa shape index (κ1) is 18.0. The highest BCUT2D eigenvalue weighted by Crippen LogP contribution is 2.16. The third-order valence-corrected chi connectivity index (χ3v) is 3.96.